The molecule has 138 valence electrons. The third kappa shape index (κ3) is 6.35. The molecule has 0 bridgehead atoms. The normalized spacial score (nSPS) is 22.1. The van der Waals surface area contributed by atoms with E-state index < -0.39 is 0 Å². The Hall–Kier alpha value is -1.83. The Morgan fingerprint density at radius 2 is 1.79 bits per heavy atom. The van der Waals surface area contributed by atoms with E-state index in [-0.39, 0.29) is 30.5 Å². The van der Waals surface area contributed by atoms with E-state index in [9.17, 15) is 9.59 Å². The van der Waals surface area contributed by atoms with Crippen molar-refractivity contribution in [3.8, 4) is 0 Å². The maximum atomic E-state index is 12.3. The quantitative estimate of drug-likeness (QED) is 0.648. The second-order valence-electron chi connectivity index (χ2n) is 6.20. The average Bonchev–Trinajstić information content (AvgIpc) is 2.57. The Balaban J connectivity index is 0.000000891. The number of likely N-dealkylation sites (N-methyl/N-ethyl adjacent to an activating group) is 1. The van der Waals surface area contributed by atoms with E-state index in [1.807, 2.05) is 18.9 Å². The van der Waals surface area contributed by atoms with Gasteiger partial charge in [-0.3, -0.25) is 14.5 Å². The molecule has 2 saturated heterocycles. The molecule has 3 N–H and O–H groups in total. The first-order valence-electron chi connectivity index (χ1n) is 8.64. The van der Waals surface area contributed by atoms with Crippen molar-refractivity contribution in [2.75, 3.05) is 33.2 Å². The Morgan fingerprint density at radius 3 is 2.33 bits per heavy atom. The summed E-state index contributed by atoms with van der Waals surface area (Å²) in [5.74, 6) is 0.161. The average molecular weight is 342 g/mol. The Morgan fingerprint density at radius 1 is 1.17 bits per heavy atom. The van der Waals surface area contributed by atoms with Crippen LogP contribution in [-0.2, 0) is 9.59 Å². The molecule has 2 aliphatic rings. The molecule has 0 aromatic rings. The van der Waals surface area contributed by atoms with Gasteiger partial charge in [0.2, 0.25) is 5.91 Å². The monoisotopic (exact) mass is 342 g/mol. The third-order valence-electron chi connectivity index (χ3n) is 4.53. The Kier molecular flexibility index (Phi) is 9.14. The van der Waals surface area contributed by atoms with Gasteiger partial charge in [-0.15, -0.1) is 0 Å². The Labute approximate surface area is 143 Å². The highest BCUT2D eigenvalue weighted by molar-refractivity contribution is 5.82. The molecular formula is C16H30N4O4. The molecule has 8 nitrogen and oxygen atoms in total. The zero-order valence-electron chi connectivity index (χ0n) is 14.7. The number of urea groups is 1. The van der Waals surface area contributed by atoms with Crippen molar-refractivity contribution in [3.05, 3.63) is 0 Å². The van der Waals surface area contributed by atoms with Crippen LogP contribution in [0.2, 0.25) is 0 Å². The van der Waals surface area contributed by atoms with Gasteiger partial charge in [0.05, 0.1) is 6.04 Å². The van der Waals surface area contributed by atoms with Gasteiger partial charge in [-0.05, 0) is 46.2 Å². The lowest BCUT2D eigenvalue weighted by Gasteiger charge is -2.35. The number of carboxylic acid groups (broad SMARTS) is 1. The summed E-state index contributed by atoms with van der Waals surface area (Å²) in [7, 11) is 2.03. The fourth-order valence-electron chi connectivity index (χ4n) is 3.19. The molecule has 0 aromatic heterocycles. The molecule has 0 radical (unpaired) electrons. The van der Waals surface area contributed by atoms with Crippen molar-refractivity contribution in [1.82, 2.24) is 20.4 Å². The van der Waals surface area contributed by atoms with E-state index in [0.717, 1.165) is 45.3 Å². The number of hydrogen-bond donors (Lipinski definition) is 3. The summed E-state index contributed by atoms with van der Waals surface area (Å²) in [5.41, 5.74) is 0. The molecule has 8 heteroatoms. The summed E-state index contributed by atoms with van der Waals surface area (Å²) in [6, 6.07) is 0.243. The fourth-order valence-corrected chi connectivity index (χ4v) is 3.19. The van der Waals surface area contributed by atoms with Crippen LogP contribution in [0.1, 0.15) is 39.0 Å². The lowest BCUT2D eigenvalue weighted by atomic mass is 10.00. The van der Waals surface area contributed by atoms with E-state index in [0.29, 0.717) is 6.54 Å². The van der Waals surface area contributed by atoms with E-state index in [4.69, 9.17) is 9.90 Å². The van der Waals surface area contributed by atoms with Crippen molar-refractivity contribution >= 4 is 18.4 Å². The van der Waals surface area contributed by atoms with Gasteiger partial charge in [-0.25, -0.2) is 4.79 Å². The van der Waals surface area contributed by atoms with Gasteiger partial charge in [0, 0.05) is 25.7 Å². The van der Waals surface area contributed by atoms with Crippen LogP contribution in [0.15, 0.2) is 0 Å². The number of carbonyl (C=O) groups excluding carboxylic acids is 2. The van der Waals surface area contributed by atoms with Crippen LogP contribution in [0.4, 0.5) is 4.79 Å². The largest absolute Gasteiger partial charge is 0.483 e. The van der Waals surface area contributed by atoms with E-state index in [1.54, 1.807) is 0 Å². The molecule has 2 rings (SSSR count). The van der Waals surface area contributed by atoms with Crippen LogP contribution in [0.25, 0.3) is 0 Å². The lowest BCUT2D eigenvalue weighted by molar-refractivity contribution is -0.128. The van der Waals surface area contributed by atoms with Gasteiger partial charge in [0.25, 0.3) is 6.47 Å². The van der Waals surface area contributed by atoms with Gasteiger partial charge < -0.3 is 20.6 Å². The summed E-state index contributed by atoms with van der Waals surface area (Å²) in [6.07, 6.45) is 4.97. The number of nitrogens with zero attached hydrogens (tertiary/aromatic N) is 2. The van der Waals surface area contributed by atoms with Crippen molar-refractivity contribution in [1.29, 1.82) is 0 Å². The summed E-state index contributed by atoms with van der Waals surface area (Å²) < 4.78 is 0. The van der Waals surface area contributed by atoms with Gasteiger partial charge in [-0.2, -0.15) is 0 Å². The topological polar surface area (TPSA) is 102 Å². The molecule has 0 aromatic carbocycles. The first-order chi connectivity index (χ1) is 11.5. The number of rotatable bonds is 3. The third-order valence-corrected chi connectivity index (χ3v) is 4.53. The van der Waals surface area contributed by atoms with Gasteiger partial charge in [0.1, 0.15) is 0 Å². The summed E-state index contributed by atoms with van der Waals surface area (Å²) in [4.78, 5) is 36.4. The highest BCUT2D eigenvalue weighted by Crippen LogP contribution is 2.16. The number of likely N-dealkylation sites (tertiary alicyclic amines) is 2. The number of hydrogen-bond acceptors (Lipinski definition) is 4. The molecule has 1 atom stereocenters. The predicted octanol–water partition coefficient (Wildman–Crippen LogP) is 0.482. The summed E-state index contributed by atoms with van der Waals surface area (Å²) >= 11 is 0. The lowest BCUT2D eigenvalue weighted by Crippen LogP contribution is -2.53. The molecule has 24 heavy (non-hydrogen) atoms. The molecule has 2 aliphatic heterocycles. The highest BCUT2D eigenvalue weighted by atomic mass is 16.3. The Bertz CT molecular complexity index is 411. The van der Waals surface area contributed by atoms with E-state index >= 15 is 0 Å². The SMILES string of the molecule is CCNC(=O)N1CCC(NC(=O)C2CCCCN2C)CC1.O=CO. The van der Waals surface area contributed by atoms with Crippen molar-refractivity contribution in [3.63, 3.8) is 0 Å². The summed E-state index contributed by atoms with van der Waals surface area (Å²) in [5, 5.41) is 12.9. The first kappa shape index (κ1) is 20.2. The summed E-state index contributed by atoms with van der Waals surface area (Å²) in [6.45, 7) is 4.78. The van der Waals surface area contributed by atoms with E-state index in [1.165, 1.54) is 6.42 Å². The number of piperidine rings is 2. The van der Waals surface area contributed by atoms with Gasteiger partial charge in [0.15, 0.2) is 0 Å². The number of carbonyl (C=O) groups is 3. The minimum atomic E-state index is -0.250. The van der Waals surface area contributed by atoms with Crippen molar-refractivity contribution in [2.45, 2.75) is 51.1 Å². The standard InChI is InChI=1S/C15H28N4O2.CH2O2/c1-3-16-15(21)19-10-7-12(8-11-19)17-14(20)13-6-4-5-9-18(13)2;2-1-3/h12-13H,3-11H2,1-2H3,(H,16,21)(H,17,20);1H,(H,2,3). The van der Waals surface area contributed by atoms with Crippen LogP contribution < -0.4 is 10.6 Å². The maximum Gasteiger partial charge on any atom is 0.317 e. The molecule has 2 fully saturated rings. The molecule has 0 aliphatic carbocycles. The highest BCUT2D eigenvalue weighted by Gasteiger charge is 2.29. The second-order valence-corrected chi connectivity index (χ2v) is 6.20. The molecular weight excluding hydrogens is 312 g/mol. The molecule has 3 amide bonds. The van der Waals surface area contributed by atoms with Crippen LogP contribution in [0.5, 0.6) is 0 Å². The molecule has 0 saturated carbocycles. The van der Waals surface area contributed by atoms with Gasteiger partial charge >= 0.3 is 6.03 Å². The number of amides is 3. The zero-order chi connectivity index (χ0) is 17.9. The zero-order valence-corrected chi connectivity index (χ0v) is 14.7. The van der Waals surface area contributed by atoms with Crippen LogP contribution in [0.3, 0.4) is 0 Å². The number of nitrogens with one attached hydrogen (secondary N) is 2. The first-order valence-corrected chi connectivity index (χ1v) is 8.64. The van der Waals surface area contributed by atoms with Crippen molar-refractivity contribution in [2.24, 2.45) is 0 Å². The van der Waals surface area contributed by atoms with Crippen LogP contribution in [-0.4, -0.2) is 78.6 Å². The smallest absolute Gasteiger partial charge is 0.317 e. The van der Waals surface area contributed by atoms with Crippen molar-refractivity contribution < 1.29 is 19.5 Å². The molecule has 1 unspecified atom stereocenters. The minimum Gasteiger partial charge on any atom is -0.483 e. The molecule has 2 heterocycles. The van der Waals surface area contributed by atoms with Gasteiger partial charge in [-0.1, -0.05) is 6.42 Å². The molecule has 0 spiro atoms. The second kappa shape index (κ2) is 10.9. The van der Waals surface area contributed by atoms with Crippen LogP contribution in [0, 0.1) is 0 Å². The van der Waals surface area contributed by atoms with Crippen LogP contribution >= 0.6 is 0 Å². The fraction of sp³-hybridized carbons (Fsp3) is 0.812. The van der Waals surface area contributed by atoms with E-state index in [2.05, 4.69) is 15.5 Å². The minimum absolute atomic E-state index is 0.00860. The predicted molar refractivity (Wildman–Crippen MR) is 90.8 cm³/mol. The maximum absolute atomic E-state index is 12.3.